The topological polar surface area (TPSA) is 26.3 Å². The zero-order valence-corrected chi connectivity index (χ0v) is 7.80. The molecule has 1 saturated carbocycles. The van der Waals surface area contributed by atoms with Crippen LogP contribution < -0.4 is 0 Å². The minimum atomic E-state index is -0.0994. The highest BCUT2D eigenvalue weighted by atomic mass is 16.6. The van der Waals surface area contributed by atoms with E-state index in [-0.39, 0.29) is 17.5 Å². The van der Waals surface area contributed by atoms with Crippen molar-refractivity contribution in [3.8, 4) is 0 Å². The molecule has 2 aliphatic rings. The molecule has 2 nitrogen and oxygen atoms in total. The van der Waals surface area contributed by atoms with Crippen molar-refractivity contribution in [2.75, 3.05) is 0 Å². The SMILES string of the molecule is CCC1C(=O)O[C@]2(C)CCC[C@H]12. The van der Waals surface area contributed by atoms with Crippen LogP contribution in [0.3, 0.4) is 0 Å². The molecule has 68 valence electrons. The molecule has 3 atom stereocenters. The minimum Gasteiger partial charge on any atom is -0.459 e. The van der Waals surface area contributed by atoms with Gasteiger partial charge in [-0.2, -0.15) is 0 Å². The van der Waals surface area contributed by atoms with Crippen molar-refractivity contribution in [3.05, 3.63) is 0 Å². The molecular formula is C10H16O2. The van der Waals surface area contributed by atoms with Crippen LogP contribution in [0.15, 0.2) is 0 Å². The summed E-state index contributed by atoms with van der Waals surface area (Å²) in [4.78, 5) is 11.4. The Morgan fingerprint density at radius 1 is 1.67 bits per heavy atom. The second-order valence-electron chi connectivity index (χ2n) is 4.25. The van der Waals surface area contributed by atoms with Crippen LogP contribution in [0.4, 0.5) is 0 Å². The molecule has 0 amide bonds. The first-order valence-corrected chi connectivity index (χ1v) is 4.90. The smallest absolute Gasteiger partial charge is 0.309 e. The maximum Gasteiger partial charge on any atom is 0.309 e. The first kappa shape index (κ1) is 8.09. The van der Waals surface area contributed by atoms with E-state index >= 15 is 0 Å². The van der Waals surface area contributed by atoms with Crippen molar-refractivity contribution in [1.29, 1.82) is 0 Å². The van der Waals surface area contributed by atoms with Crippen LogP contribution in [0.2, 0.25) is 0 Å². The van der Waals surface area contributed by atoms with Gasteiger partial charge in [-0.3, -0.25) is 4.79 Å². The molecule has 2 fully saturated rings. The van der Waals surface area contributed by atoms with E-state index in [0.29, 0.717) is 5.92 Å². The van der Waals surface area contributed by atoms with Crippen LogP contribution in [0, 0.1) is 11.8 Å². The Hall–Kier alpha value is -0.530. The molecule has 0 N–H and O–H groups in total. The lowest BCUT2D eigenvalue weighted by atomic mass is 9.83. The molecule has 0 radical (unpaired) electrons. The fraction of sp³-hybridized carbons (Fsp3) is 0.900. The summed E-state index contributed by atoms with van der Waals surface area (Å²) in [5.41, 5.74) is -0.0994. The Bertz CT molecular complexity index is 212. The number of carbonyl (C=O) groups excluding carboxylic acids is 1. The van der Waals surface area contributed by atoms with E-state index in [2.05, 4.69) is 13.8 Å². The van der Waals surface area contributed by atoms with Crippen molar-refractivity contribution in [2.45, 2.75) is 45.1 Å². The van der Waals surface area contributed by atoms with Gasteiger partial charge in [-0.15, -0.1) is 0 Å². The summed E-state index contributed by atoms with van der Waals surface area (Å²) in [6.45, 7) is 4.17. The highest BCUT2D eigenvalue weighted by Gasteiger charge is 2.53. The Balaban J connectivity index is 2.24. The zero-order valence-electron chi connectivity index (χ0n) is 7.80. The third-order valence-corrected chi connectivity index (χ3v) is 3.53. The van der Waals surface area contributed by atoms with Crippen LogP contribution in [-0.4, -0.2) is 11.6 Å². The summed E-state index contributed by atoms with van der Waals surface area (Å²) in [5.74, 6) is 0.747. The summed E-state index contributed by atoms with van der Waals surface area (Å²) in [6, 6.07) is 0. The lowest BCUT2D eigenvalue weighted by molar-refractivity contribution is -0.149. The Morgan fingerprint density at radius 2 is 2.42 bits per heavy atom. The molecule has 0 aromatic rings. The van der Waals surface area contributed by atoms with Crippen molar-refractivity contribution >= 4 is 5.97 Å². The van der Waals surface area contributed by atoms with Gasteiger partial charge in [0.2, 0.25) is 0 Å². The Kier molecular flexibility index (Phi) is 1.67. The van der Waals surface area contributed by atoms with Gasteiger partial charge in [0, 0.05) is 5.92 Å². The van der Waals surface area contributed by atoms with E-state index in [1.165, 1.54) is 12.8 Å². The fourth-order valence-corrected chi connectivity index (χ4v) is 2.84. The van der Waals surface area contributed by atoms with Crippen LogP contribution in [-0.2, 0) is 9.53 Å². The van der Waals surface area contributed by atoms with Crippen LogP contribution in [0.5, 0.6) is 0 Å². The molecule has 1 unspecified atom stereocenters. The lowest BCUT2D eigenvalue weighted by Gasteiger charge is -2.22. The third-order valence-electron chi connectivity index (χ3n) is 3.53. The van der Waals surface area contributed by atoms with E-state index < -0.39 is 0 Å². The Morgan fingerprint density at radius 3 is 3.08 bits per heavy atom. The van der Waals surface area contributed by atoms with E-state index in [9.17, 15) is 4.79 Å². The molecule has 0 aromatic heterocycles. The zero-order chi connectivity index (χ0) is 8.77. The van der Waals surface area contributed by atoms with E-state index in [4.69, 9.17) is 4.74 Å². The molecule has 2 heteroatoms. The predicted octanol–water partition coefficient (Wildman–Crippen LogP) is 2.13. The third kappa shape index (κ3) is 0.900. The molecular weight excluding hydrogens is 152 g/mol. The number of carbonyl (C=O) groups is 1. The van der Waals surface area contributed by atoms with Gasteiger partial charge in [0.25, 0.3) is 0 Å². The minimum absolute atomic E-state index is 0.0460. The first-order chi connectivity index (χ1) is 5.67. The highest BCUT2D eigenvalue weighted by Crippen LogP contribution is 2.49. The molecule has 1 heterocycles. The second-order valence-corrected chi connectivity index (χ2v) is 4.25. The van der Waals surface area contributed by atoms with Gasteiger partial charge < -0.3 is 4.74 Å². The Labute approximate surface area is 73.3 Å². The number of ether oxygens (including phenoxy) is 1. The van der Waals surface area contributed by atoms with Crippen LogP contribution in [0.1, 0.15) is 39.5 Å². The van der Waals surface area contributed by atoms with Gasteiger partial charge in [-0.25, -0.2) is 0 Å². The van der Waals surface area contributed by atoms with E-state index in [1.54, 1.807) is 0 Å². The number of hydrogen-bond donors (Lipinski definition) is 0. The van der Waals surface area contributed by atoms with Crippen LogP contribution >= 0.6 is 0 Å². The van der Waals surface area contributed by atoms with Gasteiger partial charge in [0.1, 0.15) is 5.60 Å². The molecule has 1 aliphatic heterocycles. The van der Waals surface area contributed by atoms with E-state index in [1.807, 2.05) is 0 Å². The molecule has 1 saturated heterocycles. The molecule has 0 bridgehead atoms. The van der Waals surface area contributed by atoms with Gasteiger partial charge in [-0.05, 0) is 32.6 Å². The van der Waals surface area contributed by atoms with E-state index in [0.717, 1.165) is 12.8 Å². The van der Waals surface area contributed by atoms with Crippen LogP contribution in [0.25, 0.3) is 0 Å². The van der Waals surface area contributed by atoms with Gasteiger partial charge in [0.05, 0.1) is 5.92 Å². The monoisotopic (exact) mass is 168 g/mol. The molecule has 0 spiro atoms. The standard InChI is InChI=1S/C10H16O2/c1-3-7-8-5-4-6-10(8,2)12-9(7)11/h7-8H,3-6H2,1-2H3/t7?,8-,10-/m1/s1. The molecule has 0 aromatic carbocycles. The number of fused-ring (bicyclic) bond motifs is 1. The summed E-state index contributed by atoms with van der Waals surface area (Å²) >= 11 is 0. The van der Waals surface area contributed by atoms with Crippen molar-refractivity contribution in [1.82, 2.24) is 0 Å². The van der Waals surface area contributed by atoms with Gasteiger partial charge >= 0.3 is 5.97 Å². The number of rotatable bonds is 1. The predicted molar refractivity (Wildman–Crippen MR) is 45.6 cm³/mol. The van der Waals surface area contributed by atoms with Gasteiger partial charge in [-0.1, -0.05) is 6.92 Å². The maximum atomic E-state index is 11.4. The van der Waals surface area contributed by atoms with Crippen molar-refractivity contribution in [3.63, 3.8) is 0 Å². The molecule has 2 rings (SSSR count). The highest BCUT2D eigenvalue weighted by molar-refractivity contribution is 5.76. The van der Waals surface area contributed by atoms with Crippen molar-refractivity contribution in [2.24, 2.45) is 11.8 Å². The summed E-state index contributed by atoms with van der Waals surface area (Å²) in [7, 11) is 0. The summed E-state index contributed by atoms with van der Waals surface area (Å²) in [5, 5.41) is 0. The summed E-state index contributed by atoms with van der Waals surface area (Å²) in [6.07, 6.45) is 4.42. The fourth-order valence-electron chi connectivity index (χ4n) is 2.84. The second kappa shape index (κ2) is 2.48. The normalized spacial score (nSPS) is 46.0. The largest absolute Gasteiger partial charge is 0.459 e. The lowest BCUT2D eigenvalue weighted by Crippen LogP contribution is -2.27. The summed E-state index contributed by atoms with van der Waals surface area (Å²) < 4.78 is 5.44. The quantitative estimate of drug-likeness (QED) is 0.561. The molecule has 1 aliphatic carbocycles. The van der Waals surface area contributed by atoms with Gasteiger partial charge in [0.15, 0.2) is 0 Å². The van der Waals surface area contributed by atoms with Crippen molar-refractivity contribution < 1.29 is 9.53 Å². The molecule has 12 heavy (non-hydrogen) atoms. The average Bonchev–Trinajstić information content (AvgIpc) is 2.42. The average molecular weight is 168 g/mol. The number of hydrogen-bond acceptors (Lipinski definition) is 2. The number of esters is 1. The first-order valence-electron chi connectivity index (χ1n) is 4.90. The maximum absolute atomic E-state index is 11.4.